The first-order valence-corrected chi connectivity index (χ1v) is 11.7. The van der Waals surface area contributed by atoms with E-state index in [1.807, 2.05) is 38.1 Å². The second-order valence-corrected chi connectivity index (χ2v) is 9.17. The number of carboxylic acid groups (broad SMARTS) is 1. The lowest BCUT2D eigenvalue weighted by atomic mass is 10.0. The first-order valence-electron chi connectivity index (χ1n) is 10.9. The van der Waals surface area contributed by atoms with Gasteiger partial charge >= 0.3 is 12.0 Å². The number of nitrogens with one attached hydrogen (secondary N) is 2. The van der Waals surface area contributed by atoms with Crippen molar-refractivity contribution in [2.75, 3.05) is 18.5 Å². The molecule has 0 radical (unpaired) electrons. The van der Waals surface area contributed by atoms with Gasteiger partial charge in [-0.15, -0.1) is 11.3 Å². The molecule has 33 heavy (non-hydrogen) atoms. The molecule has 7 N–H and O–H groups in total. The monoisotopic (exact) mass is 476 g/mol. The van der Waals surface area contributed by atoms with Crippen LogP contribution in [-0.4, -0.2) is 42.2 Å². The smallest absolute Gasteiger partial charge is 0.320 e. The largest absolute Gasteiger partial charge is 0.494 e. The van der Waals surface area contributed by atoms with Crippen molar-refractivity contribution in [2.24, 2.45) is 17.4 Å². The highest BCUT2D eigenvalue weighted by Crippen LogP contribution is 2.35. The Morgan fingerprint density at radius 1 is 1.09 bits per heavy atom. The van der Waals surface area contributed by atoms with E-state index in [2.05, 4.69) is 10.6 Å². The van der Waals surface area contributed by atoms with Gasteiger partial charge in [0.15, 0.2) is 0 Å². The maximum Gasteiger partial charge on any atom is 0.320 e. The molecule has 0 saturated heterocycles. The summed E-state index contributed by atoms with van der Waals surface area (Å²) in [5.74, 6) is -0.391. The minimum absolute atomic E-state index is 0.211. The number of rotatable bonds is 14. The Hall–Kier alpha value is -3.11. The summed E-state index contributed by atoms with van der Waals surface area (Å²) in [6.07, 6.45) is 3.29. The fourth-order valence-electron chi connectivity index (χ4n) is 3.25. The molecule has 180 valence electrons. The first kappa shape index (κ1) is 26.1. The van der Waals surface area contributed by atoms with Crippen LogP contribution in [0.15, 0.2) is 30.3 Å². The van der Waals surface area contributed by atoms with Crippen molar-refractivity contribution in [3.8, 4) is 16.2 Å². The van der Waals surface area contributed by atoms with Crippen molar-refractivity contribution in [3.63, 3.8) is 0 Å². The summed E-state index contributed by atoms with van der Waals surface area (Å²) in [5.41, 5.74) is 11.6. The molecule has 1 aromatic heterocycles. The summed E-state index contributed by atoms with van der Waals surface area (Å²) < 4.78 is 5.78. The Morgan fingerprint density at radius 3 is 2.36 bits per heavy atom. The van der Waals surface area contributed by atoms with Gasteiger partial charge < -0.3 is 26.6 Å². The van der Waals surface area contributed by atoms with Crippen molar-refractivity contribution in [1.82, 2.24) is 5.32 Å². The molecule has 0 fully saturated rings. The summed E-state index contributed by atoms with van der Waals surface area (Å²) in [5, 5.41) is 15.1. The molecule has 0 saturated carbocycles. The van der Waals surface area contributed by atoms with Gasteiger partial charge in [0.25, 0.3) is 5.91 Å². The van der Waals surface area contributed by atoms with Crippen LogP contribution in [0, 0.1) is 5.92 Å². The molecule has 0 aliphatic heterocycles. The minimum Gasteiger partial charge on any atom is -0.494 e. The zero-order valence-corrected chi connectivity index (χ0v) is 19.7. The van der Waals surface area contributed by atoms with Gasteiger partial charge in [-0.05, 0) is 74.0 Å². The van der Waals surface area contributed by atoms with Gasteiger partial charge in [-0.25, -0.2) is 4.79 Å². The Kier molecular flexibility index (Phi) is 10.1. The SMILES string of the molecule is CC(C)C[C@H](NCCCCCOc1ccc(-c2cc(C(N)=O)c(NC(N)=O)s2)cc1)C(=O)O. The topological polar surface area (TPSA) is 157 Å². The van der Waals surface area contributed by atoms with E-state index in [0.717, 1.165) is 35.5 Å². The van der Waals surface area contributed by atoms with E-state index in [4.69, 9.17) is 16.2 Å². The quantitative estimate of drug-likeness (QED) is 0.262. The summed E-state index contributed by atoms with van der Waals surface area (Å²) in [6.45, 7) is 5.25. The number of carbonyl (C=O) groups is 3. The van der Waals surface area contributed by atoms with E-state index in [1.54, 1.807) is 6.07 Å². The average Bonchev–Trinajstić information content (AvgIpc) is 3.15. The molecule has 0 unspecified atom stereocenters. The molecule has 1 heterocycles. The molecule has 3 amide bonds. The lowest BCUT2D eigenvalue weighted by molar-refractivity contribution is -0.139. The van der Waals surface area contributed by atoms with E-state index >= 15 is 0 Å². The summed E-state index contributed by atoms with van der Waals surface area (Å²) >= 11 is 1.21. The van der Waals surface area contributed by atoms with Gasteiger partial charge in [-0.3, -0.25) is 14.9 Å². The molecule has 1 aromatic carbocycles. The number of primary amides is 2. The number of urea groups is 1. The number of amides is 3. The Morgan fingerprint density at radius 2 is 1.79 bits per heavy atom. The Labute approximate surface area is 197 Å². The number of ether oxygens (including phenoxy) is 1. The maximum absolute atomic E-state index is 11.6. The highest BCUT2D eigenvalue weighted by Gasteiger charge is 2.18. The van der Waals surface area contributed by atoms with Gasteiger partial charge in [-0.2, -0.15) is 0 Å². The summed E-state index contributed by atoms with van der Waals surface area (Å²) in [6, 6.07) is 7.77. The number of nitrogens with two attached hydrogens (primary N) is 2. The first-order chi connectivity index (χ1) is 15.7. The zero-order valence-electron chi connectivity index (χ0n) is 18.9. The third-order valence-electron chi connectivity index (χ3n) is 4.86. The van der Waals surface area contributed by atoms with Crippen molar-refractivity contribution >= 4 is 34.2 Å². The number of carboxylic acids is 1. The second-order valence-electron chi connectivity index (χ2n) is 8.11. The zero-order chi connectivity index (χ0) is 24.4. The standard InChI is InChI=1S/C23H32N4O5S/c1-14(2)12-18(22(29)30)26-10-4-3-5-11-32-16-8-6-15(7-9-16)19-13-17(20(24)28)21(33-19)27-23(25)31/h6-9,13-14,18,26H,3-5,10-12H2,1-2H3,(H2,24,28)(H,29,30)(H3,25,27,31)/t18-/m0/s1. The predicted octanol–water partition coefficient (Wildman–Crippen LogP) is 3.64. The van der Waals surface area contributed by atoms with Crippen LogP contribution < -0.4 is 26.8 Å². The van der Waals surface area contributed by atoms with Crippen molar-refractivity contribution in [2.45, 2.75) is 45.6 Å². The van der Waals surface area contributed by atoms with Crippen LogP contribution in [0.5, 0.6) is 5.75 Å². The average molecular weight is 477 g/mol. The number of hydrogen-bond donors (Lipinski definition) is 5. The van der Waals surface area contributed by atoms with Crippen molar-refractivity contribution in [3.05, 3.63) is 35.9 Å². The van der Waals surface area contributed by atoms with Gasteiger partial charge in [0, 0.05) is 4.88 Å². The maximum atomic E-state index is 11.6. The van der Waals surface area contributed by atoms with E-state index < -0.39 is 23.9 Å². The molecule has 0 aliphatic rings. The van der Waals surface area contributed by atoms with Crippen LogP contribution >= 0.6 is 11.3 Å². The molecule has 1 atom stereocenters. The van der Waals surface area contributed by atoms with Crippen LogP contribution in [0.3, 0.4) is 0 Å². The van der Waals surface area contributed by atoms with Crippen LogP contribution in [-0.2, 0) is 4.79 Å². The van der Waals surface area contributed by atoms with E-state index in [9.17, 15) is 19.5 Å². The molecule has 2 rings (SSSR count). The molecule has 2 aromatic rings. The normalized spacial score (nSPS) is 11.8. The van der Waals surface area contributed by atoms with Crippen LogP contribution in [0.25, 0.3) is 10.4 Å². The van der Waals surface area contributed by atoms with E-state index in [0.29, 0.717) is 30.5 Å². The highest BCUT2D eigenvalue weighted by molar-refractivity contribution is 7.20. The molecule has 0 spiro atoms. The third-order valence-corrected chi connectivity index (χ3v) is 5.96. The number of carbonyl (C=O) groups excluding carboxylic acids is 2. The van der Waals surface area contributed by atoms with E-state index in [1.165, 1.54) is 11.3 Å². The fraction of sp³-hybridized carbons (Fsp3) is 0.435. The number of thiophene rings is 1. The van der Waals surface area contributed by atoms with Crippen LogP contribution in [0.2, 0.25) is 0 Å². The number of aliphatic carboxylic acids is 1. The molecule has 0 aliphatic carbocycles. The van der Waals surface area contributed by atoms with E-state index in [-0.39, 0.29) is 5.56 Å². The van der Waals surface area contributed by atoms with Gasteiger partial charge in [-0.1, -0.05) is 13.8 Å². The van der Waals surface area contributed by atoms with Gasteiger partial charge in [0.2, 0.25) is 0 Å². The number of hydrogen-bond acceptors (Lipinski definition) is 6. The molecule has 10 heteroatoms. The highest BCUT2D eigenvalue weighted by atomic mass is 32.1. The lowest BCUT2D eigenvalue weighted by Crippen LogP contribution is -2.38. The summed E-state index contributed by atoms with van der Waals surface area (Å²) in [7, 11) is 0. The van der Waals surface area contributed by atoms with Crippen LogP contribution in [0.4, 0.5) is 9.80 Å². The second kappa shape index (κ2) is 12.8. The van der Waals surface area contributed by atoms with Crippen molar-refractivity contribution in [1.29, 1.82) is 0 Å². The molecular weight excluding hydrogens is 444 g/mol. The van der Waals surface area contributed by atoms with Crippen LogP contribution in [0.1, 0.15) is 49.9 Å². The van der Waals surface area contributed by atoms with Gasteiger partial charge in [0.1, 0.15) is 16.8 Å². The Balaban J connectivity index is 1.77. The molecular formula is C23H32N4O5S. The lowest BCUT2D eigenvalue weighted by Gasteiger charge is -2.16. The number of benzene rings is 1. The number of anilines is 1. The van der Waals surface area contributed by atoms with Gasteiger partial charge in [0.05, 0.1) is 12.2 Å². The fourth-order valence-corrected chi connectivity index (χ4v) is 4.32. The summed E-state index contributed by atoms with van der Waals surface area (Å²) in [4.78, 5) is 34.7. The minimum atomic E-state index is -0.802. The Bertz CT molecular complexity index is 943. The predicted molar refractivity (Wildman–Crippen MR) is 130 cm³/mol. The molecule has 9 nitrogen and oxygen atoms in total. The third kappa shape index (κ3) is 8.74. The number of unbranched alkanes of at least 4 members (excludes halogenated alkanes) is 2. The van der Waals surface area contributed by atoms with Crippen molar-refractivity contribution < 1.29 is 24.2 Å². The molecule has 0 bridgehead atoms.